The van der Waals surface area contributed by atoms with E-state index in [0.717, 1.165) is 0 Å². The summed E-state index contributed by atoms with van der Waals surface area (Å²) in [6, 6.07) is 1.28. The third-order valence-electron chi connectivity index (χ3n) is 1.95. The fraction of sp³-hybridized carbons (Fsp3) is 0.625. The van der Waals surface area contributed by atoms with Crippen molar-refractivity contribution in [3.05, 3.63) is 12.3 Å². The van der Waals surface area contributed by atoms with Crippen LogP contribution in [0.2, 0.25) is 0 Å². The van der Waals surface area contributed by atoms with E-state index in [2.05, 4.69) is 9.82 Å². The zero-order valence-electron chi connectivity index (χ0n) is 8.64. The fourth-order valence-corrected chi connectivity index (χ4v) is 2.90. The van der Waals surface area contributed by atoms with E-state index >= 15 is 0 Å². The topological polar surface area (TPSA) is 64.0 Å². The van der Waals surface area contributed by atoms with E-state index in [9.17, 15) is 8.42 Å². The molecular weight excluding hydrogens is 238 g/mol. The third-order valence-corrected chi connectivity index (χ3v) is 3.83. The van der Waals surface area contributed by atoms with Gasteiger partial charge in [0.15, 0.2) is 5.03 Å². The zero-order chi connectivity index (χ0) is 11.5. The number of hydrogen-bond acceptors (Lipinski definition) is 3. The molecule has 0 radical (unpaired) electrons. The second-order valence-corrected chi connectivity index (χ2v) is 5.33. The highest BCUT2D eigenvalue weighted by Crippen LogP contribution is 2.07. The molecule has 0 saturated heterocycles. The van der Waals surface area contributed by atoms with Crippen LogP contribution in [0.5, 0.6) is 0 Å². The van der Waals surface area contributed by atoms with Crippen LogP contribution in [0.25, 0.3) is 0 Å². The molecule has 0 aliphatic rings. The molecule has 0 aliphatic heterocycles. The molecule has 7 heteroatoms. The molecule has 15 heavy (non-hydrogen) atoms. The summed E-state index contributed by atoms with van der Waals surface area (Å²) in [4.78, 5) is 0. The van der Waals surface area contributed by atoms with Gasteiger partial charge in [0.25, 0.3) is 10.0 Å². The normalized spacial score (nSPS) is 14.1. The number of sulfonamides is 1. The average Bonchev–Trinajstić information content (AvgIpc) is 2.51. The number of halogens is 1. The monoisotopic (exact) mass is 251 g/mol. The van der Waals surface area contributed by atoms with Gasteiger partial charge in [-0.15, -0.1) is 11.6 Å². The lowest BCUT2D eigenvalue weighted by Gasteiger charge is -2.12. The van der Waals surface area contributed by atoms with Crippen LogP contribution in [0.3, 0.4) is 0 Å². The van der Waals surface area contributed by atoms with Crippen LogP contribution in [0.1, 0.15) is 13.3 Å². The second kappa shape index (κ2) is 4.96. The maximum Gasteiger partial charge on any atom is 0.257 e. The molecule has 5 nitrogen and oxygen atoms in total. The Morgan fingerprint density at radius 2 is 2.33 bits per heavy atom. The van der Waals surface area contributed by atoms with E-state index < -0.39 is 10.0 Å². The van der Waals surface area contributed by atoms with Crippen molar-refractivity contribution in [2.24, 2.45) is 7.05 Å². The van der Waals surface area contributed by atoms with Gasteiger partial charge in [0.1, 0.15) is 0 Å². The summed E-state index contributed by atoms with van der Waals surface area (Å²) in [7, 11) is -1.89. The lowest BCUT2D eigenvalue weighted by molar-refractivity contribution is 0.542. The summed E-state index contributed by atoms with van der Waals surface area (Å²) in [5.41, 5.74) is 0. The van der Waals surface area contributed by atoms with Crippen molar-refractivity contribution in [1.82, 2.24) is 14.5 Å². The van der Waals surface area contributed by atoms with Crippen LogP contribution in [-0.2, 0) is 17.1 Å². The summed E-state index contributed by atoms with van der Waals surface area (Å²) in [6.45, 7) is 1.77. The fourth-order valence-electron chi connectivity index (χ4n) is 1.17. The highest BCUT2D eigenvalue weighted by molar-refractivity contribution is 7.89. The summed E-state index contributed by atoms with van der Waals surface area (Å²) in [5.74, 6) is 0.426. The number of alkyl halides is 1. The molecule has 1 unspecified atom stereocenters. The number of aryl methyl sites for hydroxylation is 1. The maximum atomic E-state index is 11.8. The highest BCUT2D eigenvalue weighted by atomic mass is 35.5. The smallest absolute Gasteiger partial charge is 0.256 e. The quantitative estimate of drug-likeness (QED) is 0.785. The van der Waals surface area contributed by atoms with Gasteiger partial charge in [-0.3, -0.25) is 4.68 Å². The highest BCUT2D eigenvalue weighted by Gasteiger charge is 2.19. The molecule has 0 amide bonds. The Kier molecular flexibility index (Phi) is 4.12. The first-order valence-electron chi connectivity index (χ1n) is 4.53. The predicted molar refractivity (Wildman–Crippen MR) is 58.3 cm³/mol. The molecule has 1 heterocycles. The van der Waals surface area contributed by atoms with E-state index in [1.54, 1.807) is 14.0 Å². The van der Waals surface area contributed by atoms with E-state index in [-0.39, 0.29) is 11.1 Å². The second-order valence-electron chi connectivity index (χ2n) is 3.29. The average molecular weight is 252 g/mol. The minimum absolute atomic E-state index is 0.156. The molecule has 0 fully saturated rings. The minimum Gasteiger partial charge on any atom is -0.256 e. The molecule has 86 valence electrons. The molecule has 0 bridgehead atoms. The van der Waals surface area contributed by atoms with Crippen molar-refractivity contribution in [2.75, 3.05) is 5.88 Å². The Labute approximate surface area is 94.5 Å². The summed E-state index contributed by atoms with van der Waals surface area (Å²) < 4.78 is 27.4. The van der Waals surface area contributed by atoms with Crippen LogP contribution in [0.15, 0.2) is 17.3 Å². The molecule has 1 N–H and O–H groups in total. The van der Waals surface area contributed by atoms with Crippen LogP contribution >= 0.6 is 11.6 Å². The van der Waals surface area contributed by atoms with E-state index in [1.165, 1.54) is 16.9 Å². The van der Waals surface area contributed by atoms with Crippen molar-refractivity contribution in [3.8, 4) is 0 Å². The first-order valence-corrected chi connectivity index (χ1v) is 6.55. The molecule has 1 aromatic rings. The molecule has 0 spiro atoms. The van der Waals surface area contributed by atoms with Gasteiger partial charge < -0.3 is 0 Å². The summed E-state index contributed by atoms with van der Waals surface area (Å²) in [6.07, 6.45) is 2.04. The van der Waals surface area contributed by atoms with Crippen LogP contribution in [-0.4, -0.2) is 30.1 Å². The van der Waals surface area contributed by atoms with Gasteiger partial charge in [0.2, 0.25) is 0 Å². The largest absolute Gasteiger partial charge is 0.257 e. The van der Waals surface area contributed by atoms with Gasteiger partial charge in [-0.05, 0) is 19.4 Å². The first kappa shape index (κ1) is 12.5. The van der Waals surface area contributed by atoms with E-state index in [0.29, 0.717) is 12.3 Å². The van der Waals surface area contributed by atoms with Crippen LogP contribution in [0.4, 0.5) is 0 Å². The van der Waals surface area contributed by atoms with Gasteiger partial charge in [-0.2, -0.15) is 5.10 Å². The van der Waals surface area contributed by atoms with Crippen molar-refractivity contribution >= 4 is 21.6 Å². The standard InChI is InChI=1S/C8H14ClN3O2S/c1-7(3-5-9)11-15(13,14)8-4-6-10-12(8)2/h4,6-7,11H,3,5H2,1-2H3. The van der Waals surface area contributed by atoms with Gasteiger partial charge in [-0.1, -0.05) is 0 Å². The van der Waals surface area contributed by atoms with Crippen molar-refractivity contribution in [3.63, 3.8) is 0 Å². The Bertz CT molecular complexity index is 415. The van der Waals surface area contributed by atoms with Crippen LogP contribution < -0.4 is 4.72 Å². The van der Waals surface area contributed by atoms with Gasteiger partial charge >= 0.3 is 0 Å². The molecule has 0 saturated carbocycles. The lowest BCUT2D eigenvalue weighted by atomic mass is 10.3. The molecule has 1 rings (SSSR count). The van der Waals surface area contributed by atoms with Gasteiger partial charge in [0.05, 0.1) is 6.20 Å². The summed E-state index contributed by atoms with van der Waals surface area (Å²) in [5, 5.41) is 3.96. The third kappa shape index (κ3) is 3.19. The maximum absolute atomic E-state index is 11.8. The first-order chi connectivity index (χ1) is 6.97. The van der Waals surface area contributed by atoms with Gasteiger partial charge in [0, 0.05) is 19.0 Å². The molecule has 1 aromatic heterocycles. The summed E-state index contributed by atoms with van der Waals surface area (Å²) >= 11 is 5.53. The number of rotatable bonds is 5. The van der Waals surface area contributed by atoms with Gasteiger partial charge in [-0.25, -0.2) is 13.1 Å². The Balaban J connectivity index is 2.81. The van der Waals surface area contributed by atoms with Crippen molar-refractivity contribution in [2.45, 2.75) is 24.4 Å². The van der Waals surface area contributed by atoms with Crippen molar-refractivity contribution < 1.29 is 8.42 Å². The number of aromatic nitrogens is 2. The lowest BCUT2D eigenvalue weighted by Crippen LogP contribution is -2.33. The van der Waals surface area contributed by atoms with E-state index in [4.69, 9.17) is 11.6 Å². The van der Waals surface area contributed by atoms with Crippen LogP contribution in [0, 0.1) is 0 Å². The minimum atomic E-state index is -3.48. The molecular formula is C8H14ClN3O2S. The Morgan fingerprint density at radius 1 is 1.67 bits per heavy atom. The number of hydrogen-bond donors (Lipinski definition) is 1. The molecule has 0 aromatic carbocycles. The Morgan fingerprint density at radius 3 is 2.80 bits per heavy atom. The number of nitrogens with one attached hydrogen (secondary N) is 1. The predicted octanol–water partition coefficient (Wildman–Crippen LogP) is 0.716. The Hall–Kier alpha value is -0.590. The number of nitrogens with zero attached hydrogens (tertiary/aromatic N) is 2. The van der Waals surface area contributed by atoms with Crippen molar-refractivity contribution in [1.29, 1.82) is 0 Å². The van der Waals surface area contributed by atoms with E-state index in [1.807, 2.05) is 0 Å². The molecule has 0 aliphatic carbocycles. The molecule has 1 atom stereocenters. The zero-order valence-corrected chi connectivity index (χ0v) is 10.2. The SMILES string of the molecule is CC(CCCl)NS(=O)(=O)c1ccnn1C.